The molecule has 1 nitrogen and oxygen atoms in total. The summed E-state index contributed by atoms with van der Waals surface area (Å²) in [5, 5.41) is 3.99. The molecule has 0 spiro atoms. The lowest BCUT2D eigenvalue weighted by Gasteiger charge is -2.12. The summed E-state index contributed by atoms with van der Waals surface area (Å²) in [6, 6.07) is 12.5. The molecule has 102 valence electrons. The minimum atomic E-state index is 0. The maximum atomic E-state index is 5.92. The molecule has 0 aliphatic rings. The lowest BCUT2D eigenvalue weighted by molar-refractivity contribution is 0.806. The van der Waals surface area contributed by atoms with Crippen LogP contribution in [0.15, 0.2) is 36.4 Å². The largest absolute Gasteiger partial charge is 0.316 e. The molecule has 0 unspecified atom stereocenters. The zero-order chi connectivity index (χ0) is 13.1. The molecule has 3 heteroatoms. The van der Waals surface area contributed by atoms with Crippen molar-refractivity contribution in [3.8, 4) is 11.1 Å². The molecule has 0 bridgehead atoms. The number of benzene rings is 2. The van der Waals surface area contributed by atoms with E-state index in [-0.39, 0.29) is 12.4 Å². The monoisotopic (exact) mass is 295 g/mol. The highest BCUT2D eigenvalue weighted by molar-refractivity contribution is 6.30. The molecule has 19 heavy (non-hydrogen) atoms. The van der Waals surface area contributed by atoms with Crippen LogP contribution in [-0.2, 0) is 6.54 Å². The SMILES string of the molecule is CNCc1c(C)cc(-c2ccc(Cl)cc2)cc1C.Cl. The predicted molar refractivity (Wildman–Crippen MR) is 86.4 cm³/mol. The molecule has 0 heterocycles. The second kappa shape index (κ2) is 6.95. The van der Waals surface area contributed by atoms with Crippen LogP contribution in [0.5, 0.6) is 0 Å². The zero-order valence-electron chi connectivity index (χ0n) is 11.5. The Bertz CT molecular complexity index is 524. The van der Waals surface area contributed by atoms with Gasteiger partial charge in [-0.25, -0.2) is 0 Å². The van der Waals surface area contributed by atoms with Gasteiger partial charge in [0.05, 0.1) is 0 Å². The first-order chi connectivity index (χ1) is 8.61. The Labute approximate surface area is 126 Å². The van der Waals surface area contributed by atoms with Gasteiger partial charge in [0.15, 0.2) is 0 Å². The highest BCUT2D eigenvalue weighted by Gasteiger charge is 2.06. The van der Waals surface area contributed by atoms with Gasteiger partial charge >= 0.3 is 0 Å². The van der Waals surface area contributed by atoms with Crippen LogP contribution < -0.4 is 5.32 Å². The fourth-order valence-corrected chi connectivity index (χ4v) is 2.38. The molecular weight excluding hydrogens is 277 g/mol. The van der Waals surface area contributed by atoms with E-state index >= 15 is 0 Å². The van der Waals surface area contributed by atoms with Crippen molar-refractivity contribution in [3.05, 3.63) is 58.1 Å². The van der Waals surface area contributed by atoms with Crippen LogP contribution in [0.25, 0.3) is 11.1 Å². The van der Waals surface area contributed by atoms with E-state index in [1.807, 2.05) is 19.2 Å². The molecule has 0 amide bonds. The van der Waals surface area contributed by atoms with E-state index in [0.29, 0.717) is 0 Å². The Balaban J connectivity index is 0.00000180. The molecule has 2 aromatic rings. The highest BCUT2D eigenvalue weighted by Crippen LogP contribution is 2.26. The van der Waals surface area contributed by atoms with Crippen LogP contribution in [-0.4, -0.2) is 7.05 Å². The Morgan fingerprint density at radius 3 is 1.95 bits per heavy atom. The third-order valence-electron chi connectivity index (χ3n) is 3.23. The molecule has 1 N–H and O–H groups in total. The Kier molecular flexibility index (Phi) is 5.86. The van der Waals surface area contributed by atoms with Gasteiger partial charge in [0.25, 0.3) is 0 Å². The van der Waals surface area contributed by atoms with Crippen molar-refractivity contribution in [2.45, 2.75) is 20.4 Å². The topological polar surface area (TPSA) is 12.0 Å². The number of nitrogens with one attached hydrogen (secondary N) is 1. The predicted octanol–water partition coefficient (Wildman–Crippen LogP) is 4.77. The van der Waals surface area contributed by atoms with E-state index < -0.39 is 0 Å². The average molecular weight is 296 g/mol. The summed E-state index contributed by atoms with van der Waals surface area (Å²) in [6.45, 7) is 5.25. The van der Waals surface area contributed by atoms with E-state index in [1.54, 1.807) is 0 Å². The van der Waals surface area contributed by atoms with Crippen molar-refractivity contribution in [3.63, 3.8) is 0 Å². The molecule has 0 aromatic heterocycles. The van der Waals surface area contributed by atoms with Gasteiger partial charge in [-0.2, -0.15) is 0 Å². The first-order valence-electron chi connectivity index (χ1n) is 6.12. The third-order valence-corrected chi connectivity index (χ3v) is 3.48. The van der Waals surface area contributed by atoms with Gasteiger partial charge in [-0.1, -0.05) is 35.9 Å². The maximum absolute atomic E-state index is 5.92. The molecule has 0 atom stereocenters. The van der Waals surface area contributed by atoms with Crippen LogP contribution in [0.4, 0.5) is 0 Å². The fraction of sp³-hybridized carbons (Fsp3) is 0.250. The van der Waals surface area contributed by atoms with Gasteiger partial charge < -0.3 is 5.32 Å². The molecule has 0 fully saturated rings. The number of hydrogen-bond acceptors (Lipinski definition) is 1. The van der Waals surface area contributed by atoms with E-state index in [4.69, 9.17) is 11.6 Å². The third kappa shape index (κ3) is 3.73. The van der Waals surface area contributed by atoms with Crippen LogP contribution >= 0.6 is 24.0 Å². The van der Waals surface area contributed by atoms with Crippen molar-refractivity contribution in [2.75, 3.05) is 7.05 Å². The normalized spacial score (nSPS) is 10.1. The molecule has 0 saturated carbocycles. The molecule has 0 aliphatic carbocycles. The second-order valence-electron chi connectivity index (χ2n) is 4.63. The second-order valence-corrected chi connectivity index (χ2v) is 5.06. The lowest BCUT2D eigenvalue weighted by Crippen LogP contribution is -2.08. The maximum Gasteiger partial charge on any atom is 0.0406 e. The lowest BCUT2D eigenvalue weighted by atomic mass is 9.95. The minimum Gasteiger partial charge on any atom is -0.316 e. The molecule has 2 aromatic carbocycles. The number of rotatable bonds is 3. The standard InChI is InChI=1S/C16H18ClN.ClH/c1-11-8-14(9-12(2)16(11)10-18-3)13-4-6-15(17)7-5-13;/h4-9,18H,10H2,1-3H3;1H. The van der Waals surface area contributed by atoms with Crippen molar-refractivity contribution in [1.82, 2.24) is 5.32 Å². The summed E-state index contributed by atoms with van der Waals surface area (Å²) in [5.41, 5.74) is 6.50. The Morgan fingerprint density at radius 2 is 1.47 bits per heavy atom. The van der Waals surface area contributed by atoms with Gasteiger partial charge in [0.2, 0.25) is 0 Å². The van der Waals surface area contributed by atoms with Crippen molar-refractivity contribution in [1.29, 1.82) is 0 Å². The number of halogens is 2. The Morgan fingerprint density at radius 1 is 0.947 bits per heavy atom. The van der Waals surface area contributed by atoms with Gasteiger partial charge in [-0.3, -0.25) is 0 Å². The van der Waals surface area contributed by atoms with E-state index in [0.717, 1.165) is 11.6 Å². The average Bonchev–Trinajstić information content (AvgIpc) is 2.34. The van der Waals surface area contributed by atoms with Crippen molar-refractivity contribution in [2.24, 2.45) is 0 Å². The first-order valence-corrected chi connectivity index (χ1v) is 6.50. The quantitative estimate of drug-likeness (QED) is 0.860. The van der Waals surface area contributed by atoms with E-state index in [9.17, 15) is 0 Å². The first kappa shape index (κ1) is 16.0. The minimum absolute atomic E-state index is 0. The van der Waals surface area contributed by atoms with Gasteiger partial charge in [0, 0.05) is 11.6 Å². The summed E-state index contributed by atoms with van der Waals surface area (Å²) in [7, 11) is 1.98. The van der Waals surface area contributed by atoms with Crippen LogP contribution in [0, 0.1) is 13.8 Å². The number of hydrogen-bond donors (Lipinski definition) is 1. The molecule has 2 rings (SSSR count). The molecule has 0 saturated heterocycles. The van der Waals surface area contributed by atoms with Crippen LogP contribution in [0.3, 0.4) is 0 Å². The van der Waals surface area contributed by atoms with Crippen molar-refractivity contribution >= 4 is 24.0 Å². The highest BCUT2D eigenvalue weighted by atomic mass is 35.5. The van der Waals surface area contributed by atoms with Gasteiger partial charge in [0.1, 0.15) is 0 Å². The van der Waals surface area contributed by atoms with Crippen LogP contribution in [0.1, 0.15) is 16.7 Å². The summed E-state index contributed by atoms with van der Waals surface area (Å²) in [4.78, 5) is 0. The van der Waals surface area contributed by atoms with Gasteiger partial charge in [-0.15, -0.1) is 12.4 Å². The van der Waals surface area contributed by atoms with E-state index in [2.05, 4.69) is 43.4 Å². The summed E-state index contributed by atoms with van der Waals surface area (Å²) >= 11 is 5.92. The van der Waals surface area contributed by atoms with Crippen molar-refractivity contribution < 1.29 is 0 Å². The number of aryl methyl sites for hydroxylation is 2. The molecule has 0 aliphatic heterocycles. The Hall–Kier alpha value is -1.02. The van der Waals surface area contributed by atoms with Crippen LogP contribution in [0.2, 0.25) is 5.02 Å². The zero-order valence-corrected chi connectivity index (χ0v) is 13.0. The summed E-state index contributed by atoms with van der Waals surface area (Å²) in [6.07, 6.45) is 0. The molecular formula is C16H19Cl2N. The summed E-state index contributed by atoms with van der Waals surface area (Å²) < 4.78 is 0. The van der Waals surface area contributed by atoms with E-state index in [1.165, 1.54) is 27.8 Å². The van der Waals surface area contributed by atoms with Gasteiger partial charge in [-0.05, 0) is 60.8 Å². The fourth-order valence-electron chi connectivity index (χ4n) is 2.26. The summed E-state index contributed by atoms with van der Waals surface area (Å²) in [5.74, 6) is 0. The molecule has 0 radical (unpaired) electrons. The smallest absolute Gasteiger partial charge is 0.0406 e.